The summed E-state index contributed by atoms with van der Waals surface area (Å²) >= 11 is 0. The summed E-state index contributed by atoms with van der Waals surface area (Å²) in [6.45, 7) is 4.06. The predicted molar refractivity (Wildman–Crippen MR) is 46.4 cm³/mol. The maximum Gasteiger partial charge on any atom is 0.204 e. The van der Waals surface area contributed by atoms with E-state index in [2.05, 4.69) is 6.58 Å². The number of carbonyl (C=O) groups excluding carboxylic acids is 1. The Morgan fingerprint density at radius 2 is 2.38 bits per heavy atom. The van der Waals surface area contributed by atoms with Gasteiger partial charge in [0.25, 0.3) is 0 Å². The fourth-order valence-electron chi connectivity index (χ4n) is 1.09. The monoisotopic (exact) mass is 177 g/mol. The molecule has 3 nitrogen and oxygen atoms in total. The molecular weight excluding hydrogens is 166 g/mol. The Hall–Kier alpha value is -1.64. The van der Waals surface area contributed by atoms with Crippen LogP contribution in [-0.4, -0.2) is 5.97 Å². The van der Waals surface area contributed by atoms with E-state index in [0.29, 0.717) is 6.54 Å². The lowest BCUT2D eigenvalue weighted by Crippen LogP contribution is -2.39. The highest BCUT2D eigenvalue weighted by Gasteiger charge is 2.04. The van der Waals surface area contributed by atoms with Gasteiger partial charge in [-0.3, -0.25) is 0 Å². The smallest absolute Gasteiger partial charge is 0.204 e. The number of hydrogen-bond acceptors (Lipinski definition) is 2. The van der Waals surface area contributed by atoms with Crippen LogP contribution in [0.3, 0.4) is 0 Å². The maximum atomic E-state index is 10.2. The molecule has 0 unspecified atom stereocenters. The van der Waals surface area contributed by atoms with E-state index in [9.17, 15) is 9.90 Å². The van der Waals surface area contributed by atoms with Crippen LogP contribution < -0.4 is 9.67 Å². The molecule has 0 radical (unpaired) electrons. The molecule has 0 atom stereocenters. The van der Waals surface area contributed by atoms with Crippen LogP contribution in [0.15, 0.2) is 31.0 Å². The average molecular weight is 177 g/mol. The first-order valence-corrected chi connectivity index (χ1v) is 4.05. The van der Waals surface area contributed by atoms with E-state index in [0.717, 1.165) is 5.69 Å². The van der Waals surface area contributed by atoms with Crippen LogP contribution in [0, 0.1) is 0 Å². The van der Waals surface area contributed by atoms with Crippen LogP contribution >= 0.6 is 0 Å². The summed E-state index contributed by atoms with van der Waals surface area (Å²) < 4.78 is 1.82. The zero-order valence-corrected chi connectivity index (χ0v) is 7.27. The summed E-state index contributed by atoms with van der Waals surface area (Å²) in [6, 6.07) is 5.61. The Labute approximate surface area is 77.0 Å². The molecule has 0 saturated carbocycles. The lowest BCUT2D eigenvalue weighted by molar-refractivity contribution is -0.698. The summed E-state index contributed by atoms with van der Waals surface area (Å²) in [5, 5.41) is 10.2. The first-order valence-electron chi connectivity index (χ1n) is 4.05. The first kappa shape index (κ1) is 9.45. The quantitative estimate of drug-likeness (QED) is 0.596. The molecule has 0 fully saturated rings. The Bertz CT molecular complexity index is 320. The fourth-order valence-corrected chi connectivity index (χ4v) is 1.09. The number of rotatable bonds is 4. The third-order valence-electron chi connectivity index (χ3n) is 1.74. The van der Waals surface area contributed by atoms with Crippen LogP contribution in [0.25, 0.3) is 6.08 Å². The van der Waals surface area contributed by atoms with Crippen molar-refractivity contribution >= 4 is 12.0 Å². The average Bonchev–Trinajstić information content (AvgIpc) is 2.15. The number of carboxylic acids is 1. The van der Waals surface area contributed by atoms with E-state index in [-0.39, 0.29) is 6.42 Å². The lowest BCUT2D eigenvalue weighted by Gasteiger charge is -2.00. The van der Waals surface area contributed by atoms with Gasteiger partial charge >= 0.3 is 0 Å². The Morgan fingerprint density at radius 1 is 1.62 bits per heavy atom. The van der Waals surface area contributed by atoms with Crippen LogP contribution in [0.4, 0.5) is 0 Å². The van der Waals surface area contributed by atoms with Crippen molar-refractivity contribution in [1.82, 2.24) is 0 Å². The molecule has 0 aliphatic carbocycles. The van der Waals surface area contributed by atoms with Gasteiger partial charge in [-0.25, -0.2) is 0 Å². The molecule has 1 rings (SSSR count). The zero-order chi connectivity index (χ0) is 9.68. The van der Waals surface area contributed by atoms with Crippen molar-refractivity contribution in [3.8, 4) is 0 Å². The second-order valence-corrected chi connectivity index (χ2v) is 2.65. The van der Waals surface area contributed by atoms with Gasteiger partial charge in [-0.1, -0.05) is 6.58 Å². The highest BCUT2D eigenvalue weighted by Crippen LogP contribution is 1.93. The van der Waals surface area contributed by atoms with Crippen LogP contribution in [0.5, 0.6) is 0 Å². The molecule has 1 aromatic rings. The van der Waals surface area contributed by atoms with Gasteiger partial charge in [0.15, 0.2) is 12.7 Å². The number of hydrogen-bond donors (Lipinski definition) is 0. The summed E-state index contributed by atoms with van der Waals surface area (Å²) in [7, 11) is 0. The fraction of sp³-hybridized carbons (Fsp3) is 0.200. The molecule has 68 valence electrons. The minimum Gasteiger partial charge on any atom is -0.550 e. The number of aryl methyl sites for hydroxylation is 1. The molecule has 0 aliphatic heterocycles. The molecule has 0 N–H and O–H groups in total. The van der Waals surface area contributed by atoms with Crippen LogP contribution in [-0.2, 0) is 11.3 Å². The van der Waals surface area contributed by atoms with Gasteiger partial charge in [0.2, 0.25) is 5.69 Å². The van der Waals surface area contributed by atoms with Crippen LogP contribution in [0.2, 0.25) is 0 Å². The normalized spacial score (nSPS) is 9.54. The van der Waals surface area contributed by atoms with Crippen molar-refractivity contribution in [2.45, 2.75) is 13.0 Å². The molecule has 0 aliphatic rings. The first-order chi connectivity index (χ1) is 6.24. The standard InChI is InChI=1S/C10H11NO2/c1-2-9-5-3-4-7-11(9)8-6-10(12)13/h2-5,7H,1,6,8H2. The minimum atomic E-state index is -1.04. The van der Waals surface area contributed by atoms with E-state index in [1.165, 1.54) is 0 Å². The van der Waals surface area contributed by atoms with E-state index in [1.807, 2.05) is 29.0 Å². The third-order valence-corrected chi connectivity index (χ3v) is 1.74. The number of aromatic nitrogens is 1. The van der Waals surface area contributed by atoms with Gasteiger partial charge in [0.1, 0.15) is 0 Å². The van der Waals surface area contributed by atoms with E-state index in [1.54, 1.807) is 6.08 Å². The Kier molecular flexibility index (Phi) is 3.20. The van der Waals surface area contributed by atoms with E-state index >= 15 is 0 Å². The van der Waals surface area contributed by atoms with Crippen LogP contribution in [0.1, 0.15) is 12.1 Å². The highest BCUT2D eigenvalue weighted by molar-refractivity contribution is 5.63. The van der Waals surface area contributed by atoms with Gasteiger partial charge in [0.05, 0.1) is 0 Å². The van der Waals surface area contributed by atoms with Crippen molar-refractivity contribution in [1.29, 1.82) is 0 Å². The summed E-state index contributed by atoms with van der Waals surface area (Å²) in [6.07, 6.45) is 3.53. The SMILES string of the molecule is C=Cc1cccc[n+]1CCC(=O)[O-]. The zero-order valence-electron chi connectivity index (χ0n) is 7.27. The molecule has 3 heteroatoms. The Balaban J connectivity index is 2.75. The number of aliphatic carboxylic acids is 1. The molecule has 1 heterocycles. The van der Waals surface area contributed by atoms with Crippen molar-refractivity contribution in [3.05, 3.63) is 36.7 Å². The van der Waals surface area contributed by atoms with Gasteiger partial charge in [0, 0.05) is 30.6 Å². The molecule has 0 amide bonds. The van der Waals surface area contributed by atoms with Gasteiger partial charge in [-0.2, -0.15) is 4.57 Å². The van der Waals surface area contributed by atoms with Gasteiger partial charge < -0.3 is 9.90 Å². The summed E-state index contributed by atoms with van der Waals surface area (Å²) in [5.74, 6) is -1.04. The molecular formula is C10H11NO2. The molecule has 13 heavy (non-hydrogen) atoms. The third kappa shape index (κ3) is 2.71. The number of carbonyl (C=O) groups is 1. The minimum absolute atomic E-state index is 0.0233. The van der Waals surface area contributed by atoms with E-state index in [4.69, 9.17) is 0 Å². The van der Waals surface area contributed by atoms with Gasteiger partial charge in [-0.05, 0) is 6.07 Å². The van der Waals surface area contributed by atoms with Crippen molar-refractivity contribution < 1.29 is 14.5 Å². The summed E-state index contributed by atoms with van der Waals surface area (Å²) in [5.41, 5.74) is 0.906. The predicted octanol–water partition coefficient (Wildman–Crippen LogP) is -0.243. The second-order valence-electron chi connectivity index (χ2n) is 2.65. The number of carboxylic acid groups (broad SMARTS) is 1. The number of nitrogens with zero attached hydrogens (tertiary/aromatic N) is 1. The van der Waals surface area contributed by atoms with Crippen molar-refractivity contribution in [3.63, 3.8) is 0 Å². The lowest BCUT2D eigenvalue weighted by atomic mass is 10.3. The van der Waals surface area contributed by atoms with Crippen molar-refractivity contribution in [2.24, 2.45) is 0 Å². The molecule has 0 spiro atoms. The molecule has 0 saturated heterocycles. The molecule has 0 aromatic carbocycles. The Morgan fingerprint density at radius 3 is 3.00 bits per heavy atom. The topological polar surface area (TPSA) is 44.0 Å². The summed E-state index contributed by atoms with van der Waals surface area (Å²) in [4.78, 5) is 10.2. The maximum absolute atomic E-state index is 10.2. The van der Waals surface area contributed by atoms with Gasteiger partial charge in [-0.15, -0.1) is 0 Å². The second kappa shape index (κ2) is 4.40. The highest BCUT2D eigenvalue weighted by atomic mass is 16.4. The van der Waals surface area contributed by atoms with Crippen molar-refractivity contribution in [2.75, 3.05) is 0 Å². The van der Waals surface area contributed by atoms with E-state index < -0.39 is 5.97 Å². The number of pyridine rings is 1. The largest absolute Gasteiger partial charge is 0.550 e. The molecule has 0 bridgehead atoms. The molecule has 1 aromatic heterocycles.